The molecule has 1 saturated heterocycles. The summed E-state index contributed by atoms with van der Waals surface area (Å²) in [5, 5.41) is 7.09. The summed E-state index contributed by atoms with van der Waals surface area (Å²) in [4.78, 5) is 14.8. The minimum Gasteiger partial charge on any atom is -0.317 e. The summed E-state index contributed by atoms with van der Waals surface area (Å²) in [6.07, 6.45) is 5.98. The van der Waals surface area contributed by atoms with Gasteiger partial charge in [-0.2, -0.15) is 0 Å². The van der Waals surface area contributed by atoms with Crippen LogP contribution in [0.15, 0.2) is 91.3 Å². The second-order valence-corrected chi connectivity index (χ2v) is 9.29. The predicted octanol–water partition coefficient (Wildman–Crippen LogP) is 6.39. The fourth-order valence-electron chi connectivity index (χ4n) is 5.41. The van der Waals surface area contributed by atoms with E-state index in [2.05, 4.69) is 87.7 Å². The number of aromatic nitrogens is 4. The highest BCUT2D eigenvalue weighted by molar-refractivity contribution is 5.95. The molecule has 5 nitrogen and oxygen atoms in total. The summed E-state index contributed by atoms with van der Waals surface area (Å²) in [5.74, 6) is 0.980. The van der Waals surface area contributed by atoms with Crippen LogP contribution in [-0.2, 0) is 0 Å². The van der Waals surface area contributed by atoms with Crippen molar-refractivity contribution in [2.45, 2.75) is 18.9 Å². The lowest BCUT2D eigenvalue weighted by Crippen LogP contribution is -2.29. The quantitative estimate of drug-likeness (QED) is 0.336. The van der Waals surface area contributed by atoms with Gasteiger partial charge >= 0.3 is 0 Å². The molecule has 4 heterocycles. The van der Waals surface area contributed by atoms with Crippen LogP contribution in [0.1, 0.15) is 18.9 Å². The molecule has 3 aromatic heterocycles. The minimum absolute atomic E-state index is 0.363. The maximum absolute atomic E-state index is 5.21. The Morgan fingerprint density at radius 1 is 0.743 bits per heavy atom. The third-order valence-electron chi connectivity index (χ3n) is 7.17. The molecule has 0 saturated carbocycles. The topological polar surface area (TPSA) is 55.6 Å². The molecule has 0 amide bonds. The van der Waals surface area contributed by atoms with Gasteiger partial charge in [0.1, 0.15) is 11.3 Å². The van der Waals surface area contributed by atoms with Gasteiger partial charge in [-0.25, -0.2) is 9.97 Å². The standard InChI is InChI=1S/C30H25N5/c1-2-6-21-17-22(11-10-20(21)5-1)23-18-28-30(33-19-23)35(24-12-15-31-16-13-24)29(34-28)26-7-3-9-27-25(26)8-4-14-32-27/h1-11,14,17-19,24,31H,12-13,15-16H2. The number of rotatable bonds is 3. The first-order valence-electron chi connectivity index (χ1n) is 12.3. The number of pyridine rings is 2. The lowest BCUT2D eigenvalue weighted by Gasteiger charge is -2.26. The van der Waals surface area contributed by atoms with E-state index in [9.17, 15) is 0 Å². The van der Waals surface area contributed by atoms with E-state index < -0.39 is 0 Å². The van der Waals surface area contributed by atoms with Gasteiger partial charge in [0, 0.05) is 34.9 Å². The van der Waals surface area contributed by atoms with E-state index in [1.54, 1.807) is 0 Å². The van der Waals surface area contributed by atoms with Gasteiger partial charge in [-0.1, -0.05) is 54.6 Å². The van der Waals surface area contributed by atoms with Crippen molar-refractivity contribution < 1.29 is 0 Å². The number of benzene rings is 3. The molecular weight excluding hydrogens is 430 g/mol. The van der Waals surface area contributed by atoms with Crippen LogP contribution < -0.4 is 5.32 Å². The maximum atomic E-state index is 5.21. The van der Waals surface area contributed by atoms with E-state index in [1.165, 1.54) is 10.8 Å². The minimum atomic E-state index is 0.363. The van der Waals surface area contributed by atoms with Gasteiger partial charge in [-0.05, 0) is 66.5 Å². The highest BCUT2D eigenvalue weighted by Gasteiger charge is 2.24. The molecule has 7 rings (SSSR count). The summed E-state index contributed by atoms with van der Waals surface area (Å²) < 4.78 is 2.38. The molecule has 0 spiro atoms. The molecule has 0 atom stereocenters. The molecule has 1 aliphatic heterocycles. The van der Waals surface area contributed by atoms with Gasteiger partial charge < -0.3 is 9.88 Å². The second-order valence-electron chi connectivity index (χ2n) is 9.29. The fraction of sp³-hybridized carbons (Fsp3) is 0.167. The lowest BCUT2D eigenvalue weighted by atomic mass is 10.0. The fourth-order valence-corrected chi connectivity index (χ4v) is 5.41. The number of imidazole rings is 1. The van der Waals surface area contributed by atoms with Crippen molar-refractivity contribution >= 4 is 32.8 Å². The van der Waals surface area contributed by atoms with Crippen LogP contribution in [0.5, 0.6) is 0 Å². The zero-order valence-corrected chi connectivity index (χ0v) is 19.4. The maximum Gasteiger partial charge on any atom is 0.160 e. The Morgan fingerprint density at radius 2 is 1.63 bits per heavy atom. The van der Waals surface area contributed by atoms with Gasteiger partial charge in [0.05, 0.1) is 5.52 Å². The molecule has 0 aliphatic carbocycles. The molecule has 3 aromatic carbocycles. The van der Waals surface area contributed by atoms with Crippen LogP contribution in [-0.4, -0.2) is 32.6 Å². The summed E-state index contributed by atoms with van der Waals surface area (Å²) >= 11 is 0. The molecule has 170 valence electrons. The molecule has 6 aromatic rings. The van der Waals surface area contributed by atoms with Gasteiger partial charge in [0.15, 0.2) is 5.65 Å². The van der Waals surface area contributed by atoms with Crippen molar-refractivity contribution in [1.29, 1.82) is 0 Å². The van der Waals surface area contributed by atoms with E-state index in [-0.39, 0.29) is 0 Å². The lowest BCUT2D eigenvalue weighted by molar-refractivity contribution is 0.376. The SMILES string of the molecule is c1ccc2cc(-c3cnc4c(c3)nc(-c3cccc5ncccc35)n4C3CCNCC3)ccc2c1. The average molecular weight is 456 g/mol. The van der Waals surface area contributed by atoms with Crippen LogP contribution in [0.3, 0.4) is 0 Å². The highest BCUT2D eigenvalue weighted by atomic mass is 15.2. The van der Waals surface area contributed by atoms with E-state index in [4.69, 9.17) is 9.97 Å². The number of nitrogens with zero attached hydrogens (tertiary/aromatic N) is 4. The Labute approximate surface area is 203 Å². The van der Waals surface area contributed by atoms with Crippen molar-refractivity contribution in [3.63, 3.8) is 0 Å². The zero-order chi connectivity index (χ0) is 23.2. The van der Waals surface area contributed by atoms with Crippen LogP contribution in [0.2, 0.25) is 0 Å². The van der Waals surface area contributed by atoms with Crippen molar-refractivity contribution in [2.24, 2.45) is 0 Å². The van der Waals surface area contributed by atoms with Gasteiger partial charge in [-0.15, -0.1) is 0 Å². The molecule has 5 heteroatoms. The summed E-state index contributed by atoms with van der Waals surface area (Å²) in [7, 11) is 0. The Hall–Kier alpha value is -4.09. The van der Waals surface area contributed by atoms with Crippen LogP contribution in [0, 0.1) is 0 Å². The number of piperidine rings is 1. The Bertz CT molecular complexity index is 1690. The van der Waals surface area contributed by atoms with Crippen LogP contribution in [0.25, 0.3) is 55.4 Å². The summed E-state index contributed by atoms with van der Waals surface area (Å²) in [6, 6.07) is 28.0. The highest BCUT2D eigenvalue weighted by Crippen LogP contribution is 2.35. The van der Waals surface area contributed by atoms with Gasteiger partial charge in [-0.3, -0.25) is 4.98 Å². The van der Waals surface area contributed by atoms with E-state index in [0.29, 0.717) is 6.04 Å². The molecule has 0 unspecified atom stereocenters. The predicted molar refractivity (Wildman–Crippen MR) is 142 cm³/mol. The van der Waals surface area contributed by atoms with Crippen LogP contribution >= 0.6 is 0 Å². The number of hydrogen-bond acceptors (Lipinski definition) is 4. The normalized spacial score (nSPS) is 14.7. The largest absolute Gasteiger partial charge is 0.317 e. The second kappa shape index (κ2) is 8.29. The van der Waals surface area contributed by atoms with E-state index in [0.717, 1.165) is 70.5 Å². The van der Waals surface area contributed by atoms with E-state index in [1.807, 2.05) is 18.5 Å². The zero-order valence-electron chi connectivity index (χ0n) is 19.4. The summed E-state index contributed by atoms with van der Waals surface area (Å²) in [6.45, 7) is 2.02. The monoisotopic (exact) mass is 455 g/mol. The van der Waals surface area contributed by atoms with Crippen molar-refractivity contribution in [3.05, 3.63) is 91.3 Å². The molecular formula is C30H25N5. The first kappa shape index (κ1) is 20.3. The molecule has 0 radical (unpaired) electrons. The first-order chi connectivity index (χ1) is 17.3. The summed E-state index contributed by atoms with van der Waals surface area (Å²) in [5.41, 5.74) is 6.23. The third kappa shape index (κ3) is 3.47. The Morgan fingerprint density at radius 3 is 2.54 bits per heavy atom. The number of nitrogens with one attached hydrogen (secondary N) is 1. The molecule has 35 heavy (non-hydrogen) atoms. The van der Waals surface area contributed by atoms with Crippen molar-refractivity contribution in [3.8, 4) is 22.5 Å². The van der Waals surface area contributed by atoms with E-state index >= 15 is 0 Å². The number of hydrogen-bond donors (Lipinski definition) is 1. The van der Waals surface area contributed by atoms with Crippen molar-refractivity contribution in [1.82, 2.24) is 24.8 Å². The molecule has 1 aliphatic rings. The van der Waals surface area contributed by atoms with Crippen LogP contribution in [0.4, 0.5) is 0 Å². The molecule has 0 bridgehead atoms. The van der Waals surface area contributed by atoms with Gasteiger partial charge in [0.25, 0.3) is 0 Å². The Kier molecular flexibility index (Phi) is 4.81. The third-order valence-corrected chi connectivity index (χ3v) is 7.17. The van der Waals surface area contributed by atoms with Gasteiger partial charge in [0.2, 0.25) is 0 Å². The molecule has 1 fully saturated rings. The molecule has 1 N–H and O–H groups in total. The Balaban J connectivity index is 1.44. The van der Waals surface area contributed by atoms with Crippen molar-refractivity contribution in [2.75, 3.05) is 13.1 Å². The average Bonchev–Trinajstić information content (AvgIpc) is 3.31. The number of fused-ring (bicyclic) bond motifs is 3. The smallest absolute Gasteiger partial charge is 0.160 e. The first-order valence-corrected chi connectivity index (χ1v) is 12.3.